The number of anilines is 1. The van der Waals surface area contributed by atoms with Crippen LogP contribution in [-0.4, -0.2) is 78.7 Å². The van der Waals surface area contributed by atoms with Gasteiger partial charge >= 0.3 is 0 Å². The molecule has 3 heterocycles. The van der Waals surface area contributed by atoms with Crippen LogP contribution in [0.1, 0.15) is 55.5 Å². The molecule has 1 unspecified atom stereocenters. The zero-order chi connectivity index (χ0) is 24.6. The molecule has 0 aromatic heterocycles. The van der Waals surface area contributed by atoms with Crippen molar-refractivity contribution in [1.29, 1.82) is 0 Å². The van der Waals surface area contributed by atoms with Gasteiger partial charge in [0.05, 0.1) is 27.3 Å². The highest BCUT2D eigenvalue weighted by Gasteiger charge is 2.38. The van der Waals surface area contributed by atoms with Gasteiger partial charge in [-0.15, -0.1) is 0 Å². The Bertz CT molecular complexity index is 940. The summed E-state index contributed by atoms with van der Waals surface area (Å²) in [5.74, 6) is 0.999. The molecule has 1 aromatic carbocycles. The zero-order valence-corrected chi connectivity index (χ0v) is 22.3. The maximum absolute atomic E-state index is 13.3. The number of likely N-dealkylation sites (tertiary alicyclic amines) is 1. The Kier molecular flexibility index (Phi) is 7.62. The second-order valence-electron chi connectivity index (χ2n) is 10.7. The van der Waals surface area contributed by atoms with Gasteiger partial charge in [-0.25, -0.2) is 0 Å². The lowest BCUT2D eigenvalue weighted by molar-refractivity contribution is 0.0866. The molecule has 34 heavy (non-hydrogen) atoms. The Hall–Kier alpha value is -1.61. The van der Waals surface area contributed by atoms with E-state index in [0.717, 1.165) is 62.4 Å². The summed E-state index contributed by atoms with van der Waals surface area (Å²) in [7, 11) is 4.09. The number of hydrogen-bond acceptors (Lipinski definition) is 6. The average molecular weight is 508 g/mol. The highest BCUT2D eigenvalue weighted by atomic mass is 35.5. The molecule has 0 spiro atoms. The van der Waals surface area contributed by atoms with Crippen molar-refractivity contribution < 1.29 is 9.53 Å². The number of thiocarbonyl (C=S) groups is 1. The Morgan fingerprint density at radius 1 is 1.29 bits per heavy atom. The number of likely N-dealkylation sites (N-methyl/N-ethyl adjacent to an activating group) is 1. The van der Waals surface area contributed by atoms with Gasteiger partial charge in [0.2, 0.25) is 0 Å². The predicted molar refractivity (Wildman–Crippen MR) is 142 cm³/mol. The van der Waals surface area contributed by atoms with E-state index in [0.29, 0.717) is 34.4 Å². The number of nitrogens with one attached hydrogen (secondary N) is 2. The summed E-state index contributed by atoms with van der Waals surface area (Å²) >= 11 is 12.2. The zero-order valence-electron chi connectivity index (χ0n) is 20.7. The SMILES string of the molecule is CN(C)C(=S)C(C1CCNCC1)N1CCC(NC(=O)c2cc(Cl)c(N)c3c2OC(C)(C)C3)CC1. The molecule has 0 saturated carbocycles. The van der Waals surface area contributed by atoms with Crippen LogP contribution in [0.3, 0.4) is 0 Å². The van der Waals surface area contributed by atoms with E-state index in [9.17, 15) is 4.79 Å². The van der Waals surface area contributed by atoms with Crippen LogP contribution >= 0.6 is 23.8 Å². The van der Waals surface area contributed by atoms with E-state index in [4.69, 9.17) is 34.3 Å². The van der Waals surface area contributed by atoms with Gasteiger partial charge in [0, 0.05) is 45.2 Å². The van der Waals surface area contributed by atoms with Crippen molar-refractivity contribution in [3.63, 3.8) is 0 Å². The lowest BCUT2D eigenvalue weighted by Gasteiger charge is -2.44. The number of piperidine rings is 2. The molecule has 7 nitrogen and oxygen atoms in total. The van der Waals surface area contributed by atoms with Crippen molar-refractivity contribution in [2.45, 2.75) is 63.6 Å². The third-order valence-corrected chi connectivity index (χ3v) is 8.30. The van der Waals surface area contributed by atoms with Crippen molar-refractivity contribution in [3.8, 4) is 5.75 Å². The number of nitrogens with zero attached hydrogens (tertiary/aromatic N) is 2. The van der Waals surface area contributed by atoms with Gasteiger partial charge in [0.25, 0.3) is 5.91 Å². The van der Waals surface area contributed by atoms with Gasteiger partial charge < -0.3 is 26.0 Å². The highest BCUT2D eigenvalue weighted by molar-refractivity contribution is 7.80. The van der Waals surface area contributed by atoms with Crippen LogP contribution in [0.25, 0.3) is 0 Å². The number of nitrogen functional groups attached to an aromatic ring is 1. The normalized spacial score (nSPS) is 22.0. The summed E-state index contributed by atoms with van der Waals surface area (Å²) in [6.07, 6.45) is 4.71. The molecule has 0 aliphatic carbocycles. The van der Waals surface area contributed by atoms with Crippen molar-refractivity contribution in [3.05, 3.63) is 22.2 Å². The van der Waals surface area contributed by atoms with E-state index in [-0.39, 0.29) is 18.0 Å². The number of carbonyl (C=O) groups excluding carboxylic acids is 1. The molecule has 1 amide bonds. The number of halogens is 1. The Balaban J connectivity index is 1.42. The van der Waals surface area contributed by atoms with Crippen LogP contribution in [-0.2, 0) is 6.42 Å². The molecule has 3 aliphatic rings. The van der Waals surface area contributed by atoms with Gasteiger partial charge in [0.15, 0.2) is 0 Å². The summed E-state index contributed by atoms with van der Waals surface area (Å²) in [4.78, 5) is 18.9. The predicted octanol–water partition coefficient (Wildman–Crippen LogP) is 3.09. The van der Waals surface area contributed by atoms with Gasteiger partial charge in [0.1, 0.15) is 11.4 Å². The minimum Gasteiger partial charge on any atom is -0.486 e. The first-order valence-electron chi connectivity index (χ1n) is 12.3. The van der Waals surface area contributed by atoms with Crippen LogP contribution in [0.4, 0.5) is 5.69 Å². The largest absolute Gasteiger partial charge is 0.486 e. The minimum atomic E-state index is -0.407. The van der Waals surface area contributed by atoms with Crippen molar-refractivity contribution in [1.82, 2.24) is 20.4 Å². The molecule has 1 atom stereocenters. The fraction of sp³-hybridized carbons (Fsp3) is 0.680. The average Bonchev–Trinajstić information content (AvgIpc) is 3.13. The first-order chi connectivity index (χ1) is 16.1. The van der Waals surface area contributed by atoms with Crippen LogP contribution in [0.5, 0.6) is 5.75 Å². The second-order valence-corrected chi connectivity index (χ2v) is 11.5. The van der Waals surface area contributed by atoms with Crippen LogP contribution in [0.15, 0.2) is 6.07 Å². The lowest BCUT2D eigenvalue weighted by Crippen LogP contribution is -2.56. The summed E-state index contributed by atoms with van der Waals surface area (Å²) < 4.78 is 6.10. The van der Waals surface area contributed by atoms with E-state index in [1.165, 1.54) is 0 Å². The maximum atomic E-state index is 13.3. The minimum absolute atomic E-state index is 0.103. The number of fused-ring (bicyclic) bond motifs is 1. The van der Waals surface area contributed by atoms with E-state index >= 15 is 0 Å². The maximum Gasteiger partial charge on any atom is 0.255 e. The number of ether oxygens (including phenoxy) is 1. The third kappa shape index (κ3) is 5.30. The molecular weight excluding hydrogens is 470 g/mol. The molecule has 2 fully saturated rings. The Morgan fingerprint density at radius 3 is 2.56 bits per heavy atom. The standard InChI is InChI=1S/C25H38ClN5O2S/c1-25(2)14-18-20(27)19(26)13-17(22(18)33-25)23(32)29-16-7-11-31(12-8-16)21(24(34)30(3)4)15-5-9-28-10-6-15/h13,15-16,21,28H,5-12,14,27H2,1-4H3,(H,29,32). The van der Waals surface area contributed by atoms with Crippen LogP contribution in [0.2, 0.25) is 5.02 Å². The quantitative estimate of drug-likeness (QED) is 0.417. The molecule has 4 N–H and O–H groups in total. The summed E-state index contributed by atoms with van der Waals surface area (Å²) in [5, 5.41) is 7.10. The summed E-state index contributed by atoms with van der Waals surface area (Å²) in [6, 6.07) is 2.02. The number of benzene rings is 1. The van der Waals surface area contributed by atoms with Crippen molar-refractivity contribution in [2.24, 2.45) is 5.92 Å². The number of rotatable bonds is 5. The molecule has 4 rings (SSSR count). The number of hydrogen-bond donors (Lipinski definition) is 3. The fourth-order valence-electron chi connectivity index (χ4n) is 5.56. The molecule has 2 saturated heterocycles. The molecular formula is C25H38ClN5O2S. The number of nitrogens with two attached hydrogens (primary N) is 1. The monoisotopic (exact) mass is 507 g/mol. The smallest absolute Gasteiger partial charge is 0.255 e. The topological polar surface area (TPSA) is 82.9 Å². The van der Waals surface area contributed by atoms with Gasteiger partial charge in [-0.1, -0.05) is 23.8 Å². The molecule has 1 aromatic rings. The van der Waals surface area contributed by atoms with E-state index in [1.807, 2.05) is 27.9 Å². The number of amides is 1. The van der Waals surface area contributed by atoms with Crippen molar-refractivity contribution in [2.75, 3.05) is 46.0 Å². The van der Waals surface area contributed by atoms with Gasteiger partial charge in [-0.3, -0.25) is 9.69 Å². The summed E-state index contributed by atoms with van der Waals surface area (Å²) in [5.41, 5.74) is 7.60. The van der Waals surface area contributed by atoms with Gasteiger partial charge in [-0.05, 0) is 64.6 Å². The van der Waals surface area contributed by atoms with E-state index in [2.05, 4.69) is 20.4 Å². The second kappa shape index (κ2) is 10.2. The fourth-order valence-corrected chi connectivity index (χ4v) is 6.13. The van der Waals surface area contributed by atoms with Gasteiger partial charge in [-0.2, -0.15) is 0 Å². The molecule has 9 heteroatoms. The summed E-state index contributed by atoms with van der Waals surface area (Å²) in [6.45, 7) is 7.92. The van der Waals surface area contributed by atoms with Crippen LogP contribution < -0.4 is 21.1 Å². The van der Waals surface area contributed by atoms with Crippen LogP contribution in [0, 0.1) is 5.92 Å². The van der Waals surface area contributed by atoms with Crippen molar-refractivity contribution >= 4 is 40.4 Å². The molecule has 188 valence electrons. The number of carbonyl (C=O) groups is 1. The molecule has 0 bridgehead atoms. The Morgan fingerprint density at radius 2 is 1.94 bits per heavy atom. The first-order valence-corrected chi connectivity index (χ1v) is 13.1. The molecule has 3 aliphatic heterocycles. The van der Waals surface area contributed by atoms with E-state index < -0.39 is 5.60 Å². The van der Waals surface area contributed by atoms with E-state index in [1.54, 1.807) is 6.07 Å². The third-order valence-electron chi connectivity index (χ3n) is 7.38. The molecule has 0 radical (unpaired) electrons. The first kappa shape index (κ1) is 25.5. The Labute approximate surface area is 213 Å². The lowest BCUT2D eigenvalue weighted by atomic mass is 9.87. The highest BCUT2D eigenvalue weighted by Crippen LogP contribution is 2.44.